The Labute approximate surface area is 138 Å². The maximum Gasteiger partial charge on any atom is 0.250 e. The van der Waals surface area contributed by atoms with Gasteiger partial charge in [-0.05, 0) is 12.1 Å². The second-order valence-corrected chi connectivity index (χ2v) is 5.19. The predicted octanol–water partition coefficient (Wildman–Crippen LogP) is 1.23. The van der Waals surface area contributed by atoms with E-state index in [1.807, 2.05) is 36.4 Å². The summed E-state index contributed by atoms with van der Waals surface area (Å²) in [5.41, 5.74) is 7.47. The number of hydrogen-bond acceptors (Lipinski definition) is 5. The average Bonchev–Trinajstić information content (AvgIpc) is 2.92. The Morgan fingerprint density at radius 3 is 2.50 bits per heavy atom. The Kier molecular flexibility index (Phi) is 4.95. The van der Waals surface area contributed by atoms with Crippen LogP contribution in [0.3, 0.4) is 0 Å². The molecule has 0 radical (unpaired) electrons. The minimum Gasteiger partial charge on any atom is -0.411 e. The third-order valence-electron chi connectivity index (χ3n) is 3.71. The highest BCUT2D eigenvalue weighted by Gasteiger charge is 2.17. The van der Waals surface area contributed by atoms with E-state index >= 15 is 0 Å². The number of primary amides is 1. The average molecular weight is 329 g/mol. The van der Waals surface area contributed by atoms with Gasteiger partial charge in [-0.25, -0.2) is 5.90 Å². The smallest absolute Gasteiger partial charge is 0.250 e. The summed E-state index contributed by atoms with van der Waals surface area (Å²) in [7, 11) is 0. The topological polar surface area (TPSA) is 102 Å². The van der Waals surface area contributed by atoms with Crippen molar-refractivity contribution >= 4 is 27.7 Å². The number of carbonyl (C=O) groups is 1. The largest absolute Gasteiger partial charge is 0.411 e. The second kappa shape index (κ2) is 7.31. The molecule has 0 saturated carbocycles. The Hall–Kier alpha value is -2.61. The molecule has 1 heterocycles. The zero-order valence-electron chi connectivity index (χ0n) is 13.1. The number of para-hydroxylation sites is 2. The molecule has 7 heteroatoms. The molecule has 0 atom stereocenters. The van der Waals surface area contributed by atoms with E-state index < -0.39 is 5.91 Å². The second-order valence-electron chi connectivity index (χ2n) is 5.19. The van der Waals surface area contributed by atoms with Crippen molar-refractivity contribution in [3.63, 3.8) is 0 Å². The summed E-state index contributed by atoms with van der Waals surface area (Å²) >= 11 is 0. The SMILES string of the molecule is NOCCOCCOn1c2ccccc2c2cccc(C(N)=O)c21. The van der Waals surface area contributed by atoms with Crippen LogP contribution < -0.4 is 16.5 Å². The molecule has 0 aliphatic carbocycles. The molecule has 24 heavy (non-hydrogen) atoms. The summed E-state index contributed by atoms with van der Waals surface area (Å²) in [5, 5.41) is 1.91. The molecule has 0 unspecified atom stereocenters. The van der Waals surface area contributed by atoms with Crippen LogP contribution in [-0.4, -0.2) is 37.1 Å². The number of benzene rings is 2. The van der Waals surface area contributed by atoms with Gasteiger partial charge in [0.15, 0.2) is 0 Å². The van der Waals surface area contributed by atoms with Gasteiger partial charge in [-0.2, -0.15) is 4.73 Å². The number of fused-ring (bicyclic) bond motifs is 3. The monoisotopic (exact) mass is 329 g/mol. The molecule has 3 aromatic rings. The van der Waals surface area contributed by atoms with Gasteiger partial charge < -0.3 is 20.1 Å². The highest BCUT2D eigenvalue weighted by atomic mass is 16.7. The van der Waals surface area contributed by atoms with Crippen molar-refractivity contribution in [3.8, 4) is 0 Å². The van der Waals surface area contributed by atoms with Crippen molar-refractivity contribution < 1.29 is 19.2 Å². The normalized spacial score (nSPS) is 11.2. The fraction of sp³-hybridized carbons (Fsp3) is 0.235. The Morgan fingerprint density at radius 2 is 1.71 bits per heavy atom. The van der Waals surface area contributed by atoms with Crippen molar-refractivity contribution in [3.05, 3.63) is 48.0 Å². The first-order chi connectivity index (χ1) is 11.7. The number of rotatable bonds is 8. The van der Waals surface area contributed by atoms with Crippen LogP contribution in [0.5, 0.6) is 0 Å². The number of amides is 1. The third-order valence-corrected chi connectivity index (χ3v) is 3.71. The summed E-state index contributed by atoms with van der Waals surface area (Å²) in [6.45, 7) is 1.39. The molecule has 0 aliphatic heterocycles. The molecule has 4 N–H and O–H groups in total. The van der Waals surface area contributed by atoms with Gasteiger partial charge >= 0.3 is 0 Å². The van der Waals surface area contributed by atoms with Crippen molar-refractivity contribution in [2.45, 2.75) is 0 Å². The molecule has 0 bridgehead atoms. The van der Waals surface area contributed by atoms with Crippen molar-refractivity contribution in [2.75, 3.05) is 26.4 Å². The van der Waals surface area contributed by atoms with Crippen LogP contribution in [0.4, 0.5) is 0 Å². The molecule has 7 nitrogen and oxygen atoms in total. The van der Waals surface area contributed by atoms with Crippen LogP contribution in [0.25, 0.3) is 21.8 Å². The molecule has 0 fully saturated rings. The van der Waals surface area contributed by atoms with Crippen LogP contribution in [-0.2, 0) is 9.57 Å². The van der Waals surface area contributed by atoms with Crippen LogP contribution in [0.2, 0.25) is 0 Å². The van der Waals surface area contributed by atoms with Gasteiger partial charge in [0.2, 0.25) is 0 Å². The minimum atomic E-state index is -0.496. The molecule has 1 amide bonds. The molecule has 126 valence electrons. The van der Waals surface area contributed by atoms with E-state index in [-0.39, 0.29) is 0 Å². The minimum absolute atomic E-state index is 0.311. The van der Waals surface area contributed by atoms with Gasteiger partial charge in [-0.3, -0.25) is 4.79 Å². The Balaban J connectivity index is 1.96. The number of aromatic nitrogens is 1. The van der Waals surface area contributed by atoms with Crippen molar-refractivity contribution in [1.29, 1.82) is 0 Å². The zero-order valence-corrected chi connectivity index (χ0v) is 13.1. The maximum absolute atomic E-state index is 11.8. The first-order valence-electron chi connectivity index (χ1n) is 7.58. The van der Waals surface area contributed by atoms with Crippen molar-refractivity contribution in [2.24, 2.45) is 11.6 Å². The highest BCUT2D eigenvalue weighted by molar-refractivity contribution is 6.15. The molecule has 0 aliphatic rings. The van der Waals surface area contributed by atoms with Gasteiger partial charge in [0.1, 0.15) is 12.1 Å². The van der Waals surface area contributed by atoms with Crippen LogP contribution in [0, 0.1) is 0 Å². The van der Waals surface area contributed by atoms with E-state index in [0.717, 1.165) is 16.3 Å². The number of carbonyl (C=O) groups excluding carboxylic acids is 1. The van der Waals surface area contributed by atoms with E-state index in [4.69, 9.17) is 21.2 Å². The molecular weight excluding hydrogens is 310 g/mol. The Morgan fingerprint density at radius 1 is 0.958 bits per heavy atom. The molecule has 2 aromatic carbocycles. The zero-order chi connectivity index (χ0) is 16.9. The maximum atomic E-state index is 11.8. The number of nitrogens with zero attached hydrogens (tertiary/aromatic N) is 1. The lowest BCUT2D eigenvalue weighted by atomic mass is 10.1. The Bertz CT molecular complexity index is 860. The van der Waals surface area contributed by atoms with Crippen LogP contribution >= 0.6 is 0 Å². The van der Waals surface area contributed by atoms with E-state index in [2.05, 4.69) is 4.84 Å². The molecule has 0 spiro atoms. The van der Waals surface area contributed by atoms with Gasteiger partial charge in [-0.15, -0.1) is 0 Å². The summed E-state index contributed by atoms with van der Waals surface area (Å²) < 4.78 is 6.99. The lowest BCUT2D eigenvalue weighted by molar-refractivity contribution is 0.0143. The third kappa shape index (κ3) is 3.05. The van der Waals surface area contributed by atoms with Gasteiger partial charge in [0.05, 0.1) is 30.9 Å². The number of hydrogen-bond donors (Lipinski definition) is 2. The molecule has 1 aromatic heterocycles. The van der Waals surface area contributed by atoms with Gasteiger partial charge in [0.25, 0.3) is 5.91 Å². The molecule has 0 saturated heterocycles. The summed E-state index contributed by atoms with van der Waals surface area (Å²) in [5.74, 6) is 4.43. The van der Waals surface area contributed by atoms with Crippen molar-refractivity contribution in [1.82, 2.24) is 4.73 Å². The summed E-state index contributed by atoms with van der Waals surface area (Å²) in [6.07, 6.45) is 0. The van der Waals surface area contributed by atoms with E-state index in [1.54, 1.807) is 10.8 Å². The van der Waals surface area contributed by atoms with Crippen LogP contribution in [0.1, 0.15) is 10.4 Å². The number of nitrogens with two attached hydrogens (primary N) is 2. The number of ether oxygens (including phenoxy) is 1. The first kappa shape index (κ1) is 16.3. The van der Waals surface area contributed by atoms with Gasteiger partial charge in [-0.1, -0.05) is 30.3 Å². The standard InChI is InChI=1S/C17H19N3O4/c18-17(21)14-6-3-5-13-12-4-1-2-7-15(12)20(16(13)14)24-11-9-22-8-10-23-19/h1-7H,8-11,19H2,(H2,18,21). The van der Waals surface area contributed by atoms with Gasteiger partial charge in [0, 0.05) is 10.8 Å². The fourth-order valence-electron chi connectivity index (χ4n) is 2.71. The highest BCUT2D eigenvalue weighted by Crippen LogP contribution is 2.30. The fourth-order valence-corrected chi connectivity index (χ4v) is 2.71. The first-order valence-corrected chi connectivity index (χ1v) is 7.58. The molecular formula is C17H19N3O4. The lowest BCUT2D eigenvalue weighted by Crippen LogP contribution is -2.20. The van der Waals surface area contributed by atoms with Crippen LogP contribution in [0.15, 0.2) is 42.5 Å². The summed E-state index contributed by atoms with van der Waals surface area (Å²) in [4.78, 5) is 22.1. The predicted molar refractivity (Wildman–Crippen MR) is 90.4 cm³/mol. The quantitative estimate of drug-likeness (QED) is 0.478. The van der Waals surface area contributed by atoms with E-state index in [9.17, 15) is 4.79 Å². The summed E-state index contributed by atoms with van der Waals surface area (Å²) in [6, 6.07) is 13.2. The van der Waals surface area contributed by atoms with E-state index in [1.165, 1.54) is 0 Å². The lowest BCUT2D eigenvalue weighted by Gasteiger charge is -2.11. The molecule has 3 rings (SSSR count). The van der Waals surface area contributed by atoms with E-state index in [0.29, 0.717) is 37.5 Å².